The van der Waals surface area contributed by atoms with Crippen LogP contribution in [0, 0.1) is 11.8 Å². The zero-order valence-corrected chi connectivity index (χ0v) is 13.4. The fourth-order valence-electron chi connectivity index (χ4n) is 3.12. The van der Waals surface area contributed by atoms with E-state index < -0.39 is 6.10 Å². The lowest BCUT2D eigenvalue weighted by molar-refractivity contribution is -0.141. The van der Waals surface area contributed by atoms with E-state index in [1.165, 1.54) is 4.90 Å². The van der Waals surface area contributed by atoms with E-state index in [0.29, 0.717) is 6.42 Å². The monoisotopic (exact) mass is 311 g/mol. The molecule has 1 saturated heterocycles. The molecule has 0 unspecified atom stereocenters. The number of likely N-dealkylation sites (tertiary alicyclic amines) is 1. The first kappa shape index (κ1) is 15.7. The van der Waals surface area contributed by atoms with Gasteiger partial charge >= 0.3 is 0 Å². The van der Waals surface area contributed by atoms with Gasteiger partial charge in [0.15, 0.2) is 0 Å². The Balaban J connectivity index is 1.70. The molecule has 120 valence electrons. The SMILES string of the molecule is C[C@@H]1C(=O)N(C[C@H](O)Cc2ccc3ccccc3c2)C(=O)[C@@H]1C. The van der Waals surface area contributed by atoms with Gasteiger partial charge in [0, 0.05) is 18.3 Å². The van der Waals surface area contributed by atoms with Crippen LogP contribution in [0.15, 0.2) is 42.5 Å². The third-order valence-electron chi connectivity index (χ3n) is 4.74. The first-order chi connectivity index (χ1) is 11.0. The summed E-state index contributed by atoms with van der Waals surface area (Å²) >= 11 is 0. The molecule has 0 bridgehead atoms. The topological polar surface area (TPSA) is 57.6 Å². The van der Waals surface area contributed by atoms with Crippen molar-refractivity contribution >= 4 is 22.6 Å². The standard InChI is InChI=1S/C19H21NO3/c1-12-13(2)19(23)20(18(12)22)11-17(21)10-14-7-8-15-5-3-4-6-16(15)9-14/h3-9,12-13,17,21H,10-11H2,1-2H3/t12-,13+,17-/m1/s1. The average Bonchev–Trinajstić information content (AvgIpc) is 2.72. The molecule has 2 amide bonds. The maximum atomic E-state index is 12.1. The van der Waals surface area contributed by atoms with Crippen molar-refractivity contribution in [1.29, 1.82) is 0 Å². The molecular weight excluding hydrogens is 290 g/mol. The molecule has 0 radical (unpaired) electrons. The van der Waals surface area contributed by atoms with E-state index in [9.17, 15) is 14.7 Å². The van der Waals surface area contributed by atoms with Crippen LogP contribution in [-0.4, -0.2) is 34.5 Å². The third kappa shape index (κ3) is 2.99. The number of fused-ring (bicyclic) bond motifs is 1. The summed E-state index contributed by atoms with van der Waals surface area (Å²) in [4.78, 5) is 25.4. The number of carbonyl (C=O) groups is 2. The van der Waals surface area contributed by atoms with Crippen molar-refractivity contribution in [1.82, 2.24) is 4.90 Å². The summed E-state index contributed by atoms with van der Waals surface area (Å²) in [6.45, 7) is 3.60. The predicted molar refractivity (Wildman–Crippen MR) is 88.7 cm³/mol. The smallest absolute Gasteiger partial charge is 0.232 e. The molecule has 2 aromatic carbocycles. The number of hydrogen-bond acceptors (Lipinski definition) is 3. The van der Waals surface area contributed by atoms with Gasteiger partial charge in [-0.25, -0.2) is 0 Å². The Morgan fingerprint density at radius 2 is 1.61 bits per heavy atom. The van der Waals surface area contributed by atoms with Gasteiger partial charge in [0.25, 0.3) is 0 Å². The number of aliphatic hydroxyl groups excluding tert-OH is 1. The fourth-order valence-corrected chi connectivity index (χ4v) is 3.12. The third-order valence-corrected chi connectivity index (χ3v) is 4.74. The molecule has 1 heterocycles. The minimum Gasteiger partial charge on any atom is -0.391 e. The zero-order chi connectivity index (χ0) is 16.6. The Labute approximate surface area is 135 Å². The van der Waals surface area contributed by atoms with Gasteiger partial charge in [-0.1, -0.05) is 56.3 Å². The molecule has 0 spiro atoms. The second kappa shape index (κ2) is 6.13. The predicted octanol–water partition coefficient (Wildman–Crippen LogP) is 2.38. The second-order valence-corrected chi connectivity index (χ2v) is 6.40. The van der Waals surface area contributed by atoms with Crippen LogP contribution in [0.25, 0.3) is 10.8 Å². The minimum absolute atomic E-state index is 0.0686. The minimum atomic E-state index is -0.749. The first-order valence-electron chi connectivity index (χ1n) is 7.98. The number of aliphatic hydroxyl groups is 1. The summed E-state index contributed by atoms with van der Waals surface area (Å²) in [6.07, 6.45) is -0.327. The molecule has 1 N–H and O–H groups in total. The maximum Gasteiger partial charge on any atom is 0.232 e. The molecule has 0 aliphatic carbocycles. The van der Waals surface area contributed by atoms with Crippen molar-refractivity contribution in [3.63, 3.8) is 0 Å². The number of carbonyl (C=O) groups excluding carboxylic acids is 2. The Kier molecular flexibility index (Phi) is 4.18. The molecule has 0 aromatic heterocycles. The molecule has 23 heavy (non-hydrogen) atoms. The van der Waals surface area contributed by atoms with Gasteiger partial charge in [-0.15, -0.1) is 0 Å². The van der Waals surface area contributed by atoms with Gasteiger partial charge in [0.2, 0.25) is 11.8 Å². The van der Waals surface area contributed by atoms with Crippen LogP contribution in [0.5, 0.6) is 0 Å². The molecule has 4 nitrogen and oxygen atoms in total. The maximum absolute atomic E-state index is 12.1. The molecule has 1 aliphatic rings. The number of rotatable bonds is 4. The van der Waals surface area contributed by atoms with E-state index in [2.05, 4.69) is 0 Å². The fraction of sp³-hybridized carbons (Fsp3) is 0.368. The van der Waals surface area contributed by atoms with Crippen molar-refractivity contribution < 1.29 is 14.7 Å². The van der Waals surface area contributed by atoms with E-state index in [0.717, 1.165) is 16.3 Å². The lowest BCUT2D eigenvalue weighted by Crippen LogP contribution is -2.38. The zero-order valence-electron chi connectivity index (χ0n) is 13.4. The molecule has 1 aliphatic heterocycles. The summed E-state index contributed by atoms with van der Waals surface area (Å²) in [5.74, 6) is -0.953. The number of benzene rings is 2. The van der Waals surface area contributed by atoms with E-state index in [1.807, 2.05) is 42.5 Å². The van der Waals surface area contributed by atoms with Gasteiger partial charge in [0.1, 0.15) is 0 Å². The quantitative estimate of drug-likeness (QED) is 0.882. The molecule has 0 saturated carbocycles. The van der Waals surface area contributed by atoms with Crippen molar-refractivity contribution in [2.75, 3.05) is 6.54 Å². The Hall–Kier alpha value is -2.20. The summed E-state index contributed by atoms with van der Waals surface area (Å²) in [6, 6.07) is 14.1. The van der Waals surface area contributed by atoms with Crippen LogP contribution in [0.2, 0.25) is 0 Å². The summed E-state index contributed by atoms with van der Waals surface area (Å²) in [7, 11) is 0. The van der Waals surface area contributed by atoms with Gasteiger partial charge < -0.3 is 5.11 Å². The summed E-state index contributed by atoms with van der Waals surface area (Å²) in [5.41, 5.74) is 0.997. The van der Waals surface area contributed by atoms with Crippen molar-refractivity contribution in [2.45, 2.75) is 26.4 Å². The Bertz CT molecular complexity index is 735. The molecule has 3 atom stereocenters. The lowest BCUT2D eigenvalue weighted by Gasteiger charge is -2.19. The molecular formula is C19H21NO3. The van der Waals surface area contributed by atoms with E-state index in [4.69, 9.17) is 0 Å². The Morgan fingerprint density at radius 3 is 2.26 bits per heavy atom. The van der Waals surface area contributed by atoms with Crippen molar-refractivity contribution in [3.8, 4) is 0 Å². The highest BCUT2D eigenvalue weighted by atomic mass is 16.3. The highest BCUT2D eigenvalue weighted by molar-refractivity contribution is 6.04. The van der Waals surface area contributed by atoms with Crippen LogP contribution >= 0.6 is 0 Å². The highest BCUT2D eigenvalue weighted by Crippen LogP contribution is 2.26. The lowest BCUT2D eigenvalue weighted by atomic mass is 10.00. The number of nitrogens with zero attached hydrogens (tertiary/aromatic N) is 1. The number of β-amino-alcohol motifs (C(OH)–C–C–N with tert-alkyl or cyclic N) is 1. The van der Waals surface area contributed by atoms with E-state index >= 15 is 0 Å². The molecule has 3 rings (SSSR count). The average molecular weight is 311 g/mol. The van der Waals surface area contributed by atoms with E-state index in [-0.39, 0.29) is 30.2 Å². The van der Waals surface area contributed by atoms with Crippen LogP contribution in [0.3, 0.4) is 0 Å². The van der Waals surface area contributed by atoms with Gasteiger partial charge in [-0.2, -0.15) is 0 Å². The second-order valence-electron chi connectivity index (χ2n) is 6.40. The Morgan fingerprint density at radius 1 is 1.00 bits per heavy atom. The number of imide groups is 1. The van der Waals surface area contributed by atoms with Crippen LogP contribution in [0.1, 0.15) is 19.4 Å². The van der Waals surface area contributed by atoms with Crippen LogP contribution < -0.4 is 0 Å². The van der Waals surface area contributed by atoms with Gasteiger partial charge in [-0.3, -0.25) is 14.5 Å². The van der Waals surface area contributed by atoms with Crippen molar-refractivity contribution in [2.24, 2.45) is 11.8 Å². The summed E-state index contributed by atoms with van der Waals surface area (Å²) in [5, 5.41) is 12.6. The number of amides is 2. The first-order valence-corrected chi connectivity index (χ1v) is 7.98. The number of hydrogen-bond donors (Lipinski definition) is 1. The van der Waals surface area contributed by atoms with Gasteiger partial charge in [-0.05, 0) is 16.3 Å². The van der Waals surface area contributed by atoms with E-state index in [1.54, 1.807) is 13.8 Å². The summed E-state index contributed by atoms with van der Waals surface area (Å²) < 4.78 is 0. The largest absolute Gasteiger partial charge is 0.391 e. The normalized spacial score (nSPS) is 22.8. The van der Waals surface area contributed by atoms with Gasteiger partial charge in [0.05, 0.1) is 12.6 Å². The molecule has 2 aromatic rings. The van der Waals surface area contributed by atoms with Crippen LogP contribution in [-0.2, 0) is 16.0 Å². The molecule has 1 fully saturated rings. The highest BCUT2D eigenvalue weighted by Gasteiger charge is 2.42. The van der Waals surface area contributed by atoms with Crippen LogP contribution in [0.4, 0.5) is 0 Å². The van der Waals surface area contributed by atoms with Crippen molar-refractivity contribution in [3.05, 3.63) is 48.0 Å². The molecule has 4 heteroatoms.